The predicted octanol–water partition coefficient (Wildman–Crippen LogP) is 1.54. The van der Waals surface area contributed by atoms with Gasteiger partial charge in [0.2, 0.25) is 0 Å². The van der Waals surface area contributed by atoms with Gasteiger partial charge in [0.05, 0.1) is 6.61 Å². The molecule has 1 atom stereocenters. The Bertz CT molecular complexity index is 445. The normalized spacial score (nSPS) is 20.1. The summed E-state index contributed by atoms with van der Waals surface area (Å²) in [6, 6.07) is 10.0. The van der Waals surface area contributed by atoms with Gasteiger partial charge in [0.1, 0.15) is 6.04 Å². The molecule has 0 bridgehead atoms. The van der Waals surface area contributed by atoms with Crippen molar-refractivity contribution in [3.05, 3.63) is 42.0 Å². The number of rotatable bonds is 5. The maximum absolute atomic E-state index is 11.9. The fourth-order valence-corrected chi connectivity index (χ4v) is 2.32. The summed E-state index contributed by atoms with van der Waals surface area (Å²) in [5.41, 5.74) is 1.18. The Balaban J connectivity index is 1.92. The van der Waals surface area contributed by atoms with E-state index in [1.165, 1.54) is 5.56 Å². The van der Waals surface area contributed by atoms with E-state index in [9.17, 15) is 4.79 Å². The van der Waals surface area contributed by atoms with E-state index in [0.717, 1.165) is 19.6 Å². The molecule has 0 aromatic heterocycles. The summed E-state index contributed by atoms with van der Waals surface area (Å²) in [7, 11) is 0. The van der Waals surface area contributed by atoms with Crippen LogP contribution in [0.4, 0.5) is 0 Å². The lowest BCUT2D eigenvalue weighted by molar-refractivity contribution is -0.149. The number of nitrogens with one attached hydrogen (secondary N) is 1. The van der Waals surface area contributed by atoms with Gasteiger partial charge in [-0.1, -0.05) is 42.5 Å². The van der Waals surface area contributed by atoms with Crippen molar-refractivity contribution in [2.45, 2.75) is 13.0 Å². The van der Waals surface area contributed by atoms with Crippen molar-refractivity contribution in [3.63, 3.8) is 0 Å². The van der Waals surface area contributed by atoms with Crippen molar-refractivity contribution in [2.75, 3.05) is 32.8 Å². The van der Waals surface area contributed by atoms with Crippen LogP contribution in [0.25, 0.3) is 6.08 Å². The van der Waals surface area contributed by atoms with Crippen molar-refractivity contribution < 1.29 is 9.53 Å². The molecule has 2 rings (SSSR count). The van der Waals surface area contributed by atoms with Gasteiger partial charge in [0, 0.05) is 26.2 Å². The second-order valence-electron chi connectivity index (χ2n) is 4.78. The van der Waals surface area contributed by atoms with Crippen molar-refractivity contribution in [3.8, 4) is 0 Å². The minimum absolute atomic E-state index is 0.132. The van der Waals surface area contributed by atoms with Crippen molar-refractivity contribution in [1.29, 1.82) is 0 Å². The quantitative estimate of drug-likeness (QED) is 0.827. The molecular weight excluding hydrogens is 252 g/mol. The van der Waals surface area contributed by atoms with Gasteiger partial charge in [-0.2, -0.15) is 0 Å². The van der Waals surface area contributed by atoms with Crippen LogP contribution in [-0.4, -0.2) is 49.7 Å². The van der Waals surface area contributed by atoms with Crippen LogP contribution in [0.15, 0.2) is 36.4 Å². The molecule has 20 heavy (non-hydrogen) atoms. The number of carbonyl (C=O) groups is 1. The Morgan fingerprint density at radius 3 is 3.00 bits per heavy atom. The van der Waals surface area contributed by atoms with E-state index in [-0.39, 0.29) is 12.0 Å². The highest BCUT2D eigenvalue weighted by Gasteiger charge is 2.28. The SMILES string of the molecule is CCOC(=O)C1CNCCN1CC=Cc1ccccc1. The Kier molecular flexibility index (Phi) is 5.77. The summed E-state index contributed by atoms with van der Waals surface area (Å²) in [6.45, 7) is 5.48. The zero-order valence-corrected chi connectivity index (χ0v) is 11.9. The fraction of sp³-hybridized carbons (Fsp3) is 0.438. The van der Waals surface area contributed by atoms with Gasteiger partial charge >= 0.3 is 5.97 Å². The van der Waals surface area contributed by atoms with E-state index in [1.807, 2.05) is 25.1 Å². The molecule has 4 nitrogen and oxygen atoms in total. The third kappa shape index (κ3) is 4.18. The lowest BCUT2D eigenvalue weighted by atomic mass is 10.1. The van der Waals surface area contributed by atoms with Gasteiger partial charge in [-0.25, -0.2) is 0 Å². The van der Waals surface area contributed by atoms with Gasteiger partial charge in [-0.3, -0.25) is 9.69 Å². The molecule has 0 amide bonds. The Hall–Kier alpha value is -1.65. The number of esters is 1. The van der Waals surface area contributed by atoms with Crippen LogP contribution in [0.1, 0.15) is 12.5 Å². The van der Waals surface area contributed by atoms with Crippen LogP contribution in [-0.2, 0) is 9.53 Å². The average Bonchev–Trinajstić information content (AvgIpc) is 2.49. The molecule has 1 N–H and O–H groups in total. The lowest BCUT2D eigenvalue weighted by Crippen LogP contribution is -2.55. The monoisotopic (exact) mass is 274 g/mol. The minimum atomic E-state index is -0.177. The van der Waals surface area contributed by atoms with E-state index in [4.69, 9.17) is 4.74 Å². The molecule has 1 unspecified atom stereocenters. The van der Waals surface area contributed by atoms with Crippen molar-refractivity contribution >= 4 is 12.0 Å². The van der Waals surface area contributed by atoms with Crippen molar-refractivity contribution in [1.82, 2.24) is 10.2 Å². The topological polar surface area (TPSA) is 41.6 Å². The lowest BCUT2D eigenvalue weighted by Gasteiger charge is -2.33. The molecule has 1 saturated heterocycles. The van der Waals surface area contributed by atoms with Crippen LogP contribution >= 0.6 is 0 Å². The summed E-state index contributed by atoms with van der Waals surface area (Å²) in [5.74, 6) is -0.132. The number of carbonyl (C=O) groups excluding carboxylic acids is 1. The molecule has 1 aromatic rings. The number of hydrogen-bond donors (Lipinski definition) is 1. The average molecular weight is 274 g/mol. The summed E-state index contributed by atoms with van der Waals surface area (Å²) in [5, 5.41) is 3.25. The molecular formula is C16H22N2O2. The second kappa shape index (κ2) is 7.82. The van der Waals surface area contributed by atoms with Gasteiger partial charge < -0.3 is 10.1 Å². The number of benzene rings is 1. The van der Waals surface area contributed by atoms with E-state index >= 15 is 0 Å². The van der Waals surface area contributed by atoms with Crippen LogP contribution in [0.2, 0.25) is 0 Å². The largest absolute Gasteiger partial charge is 0.465 e. The van der Waals surface area contributed by atoms with Crippen molar-refractivity contribution in [2.24, 2.45) is 0 Å². The molecule has 0 aliphatic carbocycles. The van der Waals surface area contributed by atoms with Crippen LogP contribution < -0.4 is 5.32 Å². The standard InChI is InChI=1S/C16H22N2O2/c1-2-20-16(19)15-13-17-10-12-18(15)11-6-9-14-7-4-3-5-8-14/h3-9,15,17H,2,10-13H2,1H3. The van der Waals surface area contributed by atoms with Gasteiger partial charge in [0.25, 0.3) is 0 Å². The molecule has 0 saturated carbocycles. The van der Waals surface area contributed by atoms with Gasteiger partial charge in [-0.05, 0) is 12.5 Å². The Morgan fingerprint density at radius 2 is 2.25 bits per heavy atom. The maximum Gasteiger partial charge on any atom is 0.324 e. The smallest absolute Gasteiger partial charge is 0.324 e. The molecule has 4 heteroatoms. The summed E-state index contributed by atoms with van der Waals surface area (Å²) in [6.07, 6.45) is 4.19. The third-order valence-electron chi connectivity index (χ3n) is 3.36. The highest BCUT2D eigenvalue weighted by Crippen LogP contribution is 2.07. The Labute approximate surface area is 120 Å². The van der Waals surface area contributed by atoms with Crippen LogP contribution in [0.5, 0.6) is 0 Å². The first-order chi connectivity index (χ1) is 9.81. The van der Waals surface area contributed by atoms with E-state index in [0.29, 0.717) is 13.2 Å². The maximum atomic E-state index is 11.9. The summed E-state index contributed by atoms with van der Waals surface area (Å²) < 4.78 is 5.13. The number of piperazine rings is 1. The van der Waals surface area contributed by atoms with E-state index < -0.39 is 0 Å². The molecule has 1 heterocycles. The highest BCUT2D eigenvalue weighted by molar-refractivity contribution is 5.76. The van der Waals surface area contributed by atoms with Crippen LogP contribution in [0.3, 0.4) is 0 Å². The zero-order chi connectivity index (χ0) is 14.2. The van der Waals surface area contributed by atoms with E-state index in [2.05, 4.69) is 34.5 Å². The van der Waals surface area contributed by atoms with Gasteiger partial charge in [0.15, 0.2) is 0 Å². The number of nitrogens with zero attached hydrogens (tertiary/aromatic N) is 1. The number of hydrogen-bond acceptors (Lipinski definition) is 4. The fourth-order valence-electron chi connectivity index (χ4n) is 2.32. The van der Waals surface area contributed by atoms with Gasteiger partial charge in [-0.15, -0.1) is 0 Å². The first-order valence-electron chi connectivity index (χ1n) is 7.14. The molecule has 1 fully saturated rings. The van der Waals surface area contributed by atoms with E-state index in [1.54, 1.807) is 0 Å². The summed E-state index contributed by atoms with van der Waals surface area (Å²) >= 11 is 0. The van der Waals surface area contributed by atoms with Crippen LogP contribution in [0, 0.1) is 0 Å². The third-order valence-corrected chi connectivity index (χ3v) is 3.36. The number of ether oxygens (including phenoxy) is 1. The minimum Gasteiger partial charge on any atom is -0.465 e. The summed E-state index contributed by atoms with van der Waals surface area (Å²) in [4.78, 5) is 14.1. The predicted molar refractivity (Wildman–Crippen MR) is 80.3 cm³/mol. The first kappa shape index (κ1) is 14.8. The second-order valence-corrected chi connectivity index (χ2v) is 4.78. The molecule has 108 valence electrons. The molecule has 1 aromatic carbocycles. The zero-order valence-electron chi connectivity index (χ0n) is 11.9. The first-order valence-corrected chi connectivity index (χ1v) is 7.14. The molecule has 1 aliphatic rings. The Morgan fingerprint density at radius 1 is 1.45 bits per heavy atom. The highest BCUT2D eigenvalue weighted by atomic mass is 16.5. The molecule has 0 spiro atoms. The molecule has 1 aliphatic heterocycles. The molecule has 0 radical (unpaired) electrons.